The first kappa shape index (κ1) is 20.1. The Labute approximate surface area is 162 Å². The smallest absolute Gasteiger partial charge is 0.358 e. The number of hydrogen-bond acceptors (Lipinski definition) is 4. The topological polar surface area (TPSA) is 55.1 Å². The Morgan fingerprint density at radius 2 is 1.43 bits per heavy atom. The lowest BCUT2D eigenvalue weighted by Crippen LogP contribution is -2.34. The first-order chi connectivity index (χ1) is 12.9. The number of aromatic nitrogens is 4. The largest absolute Gasteiger partial charge is 0.408 e. The maximum atomic E-state index is 13.3. The van der Waals surface area contributed by atoms with E-state index in [2.05, 4.69) is 27.3 Å². The van der Waals surface area contributed by atoms with Gasteiger partial charge in [0.05, 0.1) is 5.69 Å². The molecule has 1 unspecified atom stereocenters. The number of fused-ring (bicyclic) bond motifs is 1. The Morgan fingerprint density at radius 3 is 1.96 bits per heavy atom. The Bertz CT molecular complexity index is 1040. The second-order valence-corrected chi connectivity index (χ2v) is 7.30. The summed E-state index contributed by atoms with van der Waals surface area (Å²) >= 11 is 0. The number of halogens is 3. The van der Waals surface area contributed by atoms with Crippen molar-refractivity contribution in [3.63, 3.8) is 0 Å². The van der Waals surface area contributed by atoms with E-state index in [1.165, 1.54) is 16.4 Å². The number of nitrogens with zero attached hydrogens (tertiary/aromatic N) is 4. The predicted molar refractivity (Wildman–Crippen MR) is 104 cm³/mol. The molecule has 0 radical (unpaired) electrons. The molecule has 2 aromatic heterocycles. The van der Waals surface area contributed by atoms with E-state index in [-0.39, 0.29) is 11.6 Å². The van der Waals surface area contributed by atoms with Crippen molar-refractivity contribution in [2.75, 3.05) is 5.32 Å². The fourth-order valence-corrected chi connectivity index (χ4v) is 3.55. The van der Waals surface area contributed by atoms with Gasteiger partial charge in [-0.05, 0) is 81.8 Å². The maximum Gasteiger partial charge on any atom is 0.408 e. The van der Waals surface area contributed by atoms with Gasteiger partial charge in [-0.2, -0.15) is 27.8 Å². The van der Waals surface area contributed by atoms with E-state index in [0.29, 0.717) is 11.3 Å². The standard InChI is InChI=1S/C20H24F3N5/c1-9-10(2)12(4)16(13(5)11(9)3)17-14(6)26-19-24-8-25-28(19)18(17)27-15(7)20(21,22)23/h8,15,27H,1-7H3. The normalized spacial score (nSPS) is 13.2. The average Bonchev–Trinajstić information content (AvgIpc) is 3.07. The molecule has 5 nitrogen and oxygen atoms in total. The van der Waals surface area contributed by atoms with E-state index < -0.39 is 12.2 Å². The molecule has 150 valence electrons. The summed E-state index contributed by atoms with van der Waals surface area (Å²) in [6.07, 6.45) is -3.11. The molecule has 2 heterocycles. The number of benzene rings is 1. The Balaban J connectivity index is 2.40. The fraction of sp³-hybridized carbons (Fsp3) is 0.450. The number of aryl methyl sites for hydroxylation is 1. The van der Waals surface area contributed by atoms with Crippen molar-refractivity contribution in [3.05, 3.63) is 39.8 Å². The average molecular weight is 391 g/mol. The minimum Gasteiger partial charge on any atom is -0.358 e. The summed E-state index contributed by atoms with van der Waals surface area (Å²) in [6.45, 7) is 13.0. The van der Waals surface area contributed by atoms with E-state index >= 15 is 0 Å². The van der Waals surface area contributed by atoms with Gasteiger partial charge >= 0.3 is 6.18 Å². The molecule has 0 spiro atoms. The highest BCUT2D eigenvalue weighted by atomic mass is 19.4. The molecular formula is C20H24F3N5. The Hall–Kier alpha value is -2.64. The third-order valence-corrected chi connectivity index (χ3v) is 5.70. The van der Waals surface area contributed by atoms with Crippen LogP contribution < -0.4 is 5.32 Å². The van der Waals surface area contributed by atoms with Gasteiger partial charge in [-0.3, -0.25) is 0 Å². The zero-order chi connectivity index (χ0) is 21.0. The molecule has 0 saturated carbocycles. The summed E-state index contributed by atoms with van der Waals surface area (Å²) in [4.78, 5) is 8.53. The van der Waals surface area contributed by atoms with Crippen LogP contribution >= 0.6 is 0 Å². The highest BCUT2D eigenvalue weighted by molar-refractivity contribution is 5.84. The molecule has 1 aromatic carbocycles. The number of alkyl halides is 3. The summed E-state index contributed by atoms with van der Waals surface area (Å²) in [5.74, 6) is 0.507. The minimum atomic E-state index is -4.40. The molecule has 0 aliphatic rings. The molecular weight excluding hydrogens is 367 g/mol. The zero-order valence-corrected chi connectivity index (χ0v) is 17.1. The summed E-state index contributed by atoms with van der Waals surface area (Å²) in [7, 11) is 0. The van der Waals surface area contributed by atoms with Gasteiger partial charge in [0.15, 0.2) is 0 Å². The fourth-order valence-electron chi connectivity index (χ4n) is 3.55. The summed E-state index contributed by atoms with van der Waals surface area (Å²) in [6, 6.07) is -1.76. The van der Waals surface area contributed by atoms with Gasteiger partial charge in [0.1, 0.15) is 18.2 Å². The zero-order valence-electron chi connectivity index (χ0n) is 17.1. The van der Waals surface area contributed by atoms with Crippen LogP contribution in [0.25, 0.3) is 16.9 Å². The van der Waals surface area contributed by atoms with Crippen LogP contribution in [0, 0.1) is 41.5 Å². The van der Waals surface area contributed by atoms with Gasteiger partial charge < -0.3 is 5.32 Å². The highest BCUT2D eigenvalue weighted by Gasteiger charge is 2.37. The van der Waals surface area contributed by atoms with Gasteiger partial charge in [-0.15, -0.1) is 0 Å². The quantitative estimate of drug-likeness (QED) is 0.682. The predicted octanol–water partition coefficient (Wildman–Crippen LogP) is 5.00. The van der Waals surface area contributed by atoms with Crippen LogP contribution in [0.5, 0.6) is 0 Å². The number of hydrogen-bond donors (Lipinski definition) is 1. The molecule has 0 amide bonds. The third kappa shape index (κ3) is 3.10. The molecule has 0 bridgehead atoms. The summed E-state index contributed by atoms with van der Waals surface area (Å²) in [5.41, 5.74) is 7.57. The maximum absolute atomic E-state index is 13.3. The van der Waals surface area contributed by atoms with Crippen molar-refractivity contribution >= 4 is 11.6 Å². The van der Waals surface area contributed by atoms with Crippen molar-refractivity contribution < 1.29 is 13.2 Å². The Kier molecular flexibility index (Phi) is 4.85. The SMILES string of the molecule is Cc1nc2ncnn2c(NC(C)C(F)(F)F)c1-c1c(C)c(C)c(C)c(C)c1C. The van der Waals surface area contributed by atoms with E-state index in [0.717, 1.165) is 34.7 Å². The molecule has 3 rings (SSSR count). The van der Waals surface area contributed by atoms with Gasteiger partial charge in [0, 0.05) is 5.56 Å². The van der Waals surface area contributed by atoms with Gasteiger partial charge in [-0.1, -0.05) is 0 Å². The van der Waals surface area contributed by atoms with Crippen LogP contribution in [0.4, 0.5) is 19.0 Å². The first-order valence-electron chi connectivity index (χ1n) is 9.06. The summed E-state index contributed by atoms with van der Waals surface area (Å²) < 4.78 is 41.3. The van der Waals surface area contributed by atoms with E-state index in [1.54, 1.807) is 6.92 Å². The molecule has 1 N–H and O–H groups in total. The molecule has 0 saturated heterocycles. The second-order valence-electron chi connectivity index (χ2n) is 7.30. The lowest BCUT2D eigenvalue weighted by molar-refractivity contribution is -0.138. The van der Waals surface area contributed by atoms with Crippen LogP contribution in [0.1, 0.15) is 40.4 Å². The number of nitrogens with one attached hydrogen (secondary N) is 1. The van der Waals surface area contributed by atoms with E-state index in [1.807, 2.05) is 27.7 Å². The minimum absolute atomic E-state index is 0.249. The molecule has 28 heavy (non-hydrogen) atoms. The van der Waals surface area contributed by atoms with Crippen LogP contribution in [0.15, 0.2) is 6.33 Å². The molecule has 3 aromatic rings. The lowest BCUT2D eigenvalue weighted by atomic mass is 9.86. The molecule has 8 heteroatoms. The number of rotatable bonds is 3. The van der Waals surface area contributed by atoms with Crippen LogP contribution in [0.3, 0.4) is 0 Å². The van der Waals surface area contributed by atoms with E-state index in [9.17, 15) is 13.2 Å². The van der Waals surface area contributed by atoms with Crippen molar-refractivity contribution in [3.8, 4) is 11.1 Å². The lowest BCUT2D eigenvalue weighted by Gasteiger charge is -2.25. The molecule has 0 aliphatic heterocycles. The van der Waals surface area contributed by atoms with Crippen molar-refractivity contribution in [1.29, 1.82) is 0 Å². The molecule has 0 fully saturated rings. The highest BCUT2D eigenvalue weighted by Crippen LogP contribution is 2.40. The first-order valence-corrected chi connectivity index (χ1v) is 9.06. The van der Waals surface area contributed by atoms with Crippen LogP contribution in [-0.2, 0) is 0 Å². The van der Waals surface area contributed by atoms with Crippen LogP contribution in [0.2, 0.25) is 0 Å². The molecule has 0 aliphatic carbocycles. The summed E-state index contributed by atoms with van der Waals surface area (Å²) in [5, 5.41) is 6.74. The van der Waals surface area contributed by atoms with Gasteiger partial charge in [-0.25, -0.2) is 4.98 Å². The van der Waals surface area contributed by atoms with Crippen molar-refractivity contribution in [2.45, 2.75) is 60.7 Å². The Morgan fingerprint density at radius 1 is 0.893 bits per heavy atom. The second kappa shape index (κ2) is 6.76. The van der Waals surface area contributed by atoms with E-state index in [4.69, 9.17) is 0 Å². The van der Waals surface area contributed by atoms with Crippen LogP contribution in [-0.4, -0.2) is 31.8 Å². The number of anilines is 1. The van der Waals surface area contributed by atoms with Crippen molar-refractivity contribution in [1.82, 2.24) is 19.6 Å². The third-order valence-electron chi connectivity index (χ3n) is 5.70. The van der Waals surface area contributed by atoms with Gasteiger partial charge in [0.2, 0.25) is 0 Å². The molecule has 1 atom stereocenters. The van der Waals surface area contributed by atoms with Gasteiger partial charge in [0.25, 0.3) is 5.78 Å². The van der Waals surface area contributed by atoms with Crippen molar-refractivity contribution in [2.24, 2.45) is 0 Å². The monoisotopic (exact) mass is 391 g/mol.